The topological polar surface area (TPSA) is 30.7 Å². The lowest BCUT2D eigenvalue weighted by Gasteiger charge is -2.05. The minimum atomic E-state index is 0.688. The maximum absolute atomic E-state index is 6.24. The maximum atomic E-state index is 6.24. The molecule has 0 fully saturated rings. The van der Waals surface area contributed by atoms with Crippen LogP contribution >= 0.6 is 23.4 Å². The zero-order chi connectivity index (χ0) is 15.5. The number of halogens is 1. The molecule has 2 aromatic carbocycles. The third kappa shape index (κ3) is 3.18. The number of aryl methyl sites for hydroxylation is 1. The molecular weight excluding hydrogens is 314 g/mol. The van der Waals surface area contributed by atoms with Crippen molar-refractivity contribution in [3.63, 3.8) is 0 Å². The Morgan fingerprint density at radius 3 is 2.50 bits per heavy atom. The summed E-state index contributed by atoms with van der Waals surface area (Å²) in [5, 5.41) is 10.1. The minimum absolute atomic E-state index is 0.688. The maximum Gasteiger partial charge on any atom is 0.191 e. The second kappa shape index (κ2) is 6.55. The van der Waals surface area contributed by atoms with Crippen molar-refractivity contribution in [1.82, 2.24) is 14.8 Å². The molecule has 22 heavy (non-hydrogen) atoms. The van der Waals surface area contributed by atoms with Crippen molar-refractivity contribution in [3.8, 4) is 11.4 Å². The van der Waals surface area contributed by atoms with Crippen molar-refractivity contribution >= 4 is 23.4 Å². The molecule has 0 aliphatic heterocycles. The smallest absolute Gasteiger partial charge is 0.191 e. The molecule has 0 aliphatic carbocycles. The third-order valence-corrected chi connectivity index (χ3v) is 4.86. The molecule has 0 saturated carbocycles. The fraction of sp³-hybridized carbons (Fsp3) is 0.176. The van der Waals surface area contributed by atoms with Crippen LogP contribution in [-0.4, -0.2) is 14.8 Å². The van der Waals surface area contributed by atoms with E-state index in [4.69, 9.17) is 11.6 Å². The number of thioether (sulfide) groups is 1. The number of benzene rings is 2. The van der Waals surface area contributed by atoms with E-state index >= 15 is 0 Å². The van der Waals surface area contributed by atoms with Gasteiger partial charge in [-0.25, -0.2) is 0 Å². The Labute approximate surface area is 139 Å². The predicted octanol–water partition coefficient (Wildman–Crippen LogP) is 4.74. The van der Waals surface area contributed by atoms with Crippen LogP contribution in [0.25, 0.3) is 11.4 Å². The van der Waals surface area contributed by atoms with Gasteiger partial charge in [0.25, 0.3) is 0 Å². The molecule has 0 bridgehead atoms. The zero-order valence-corrected chi connectivity index (χ0v) is 14.0. The second-order valence-electron chi connectivity index (χ2n) is 5.12. The van der Waals surface area contributed by atoms with Gasteiger partial charge in [0, 0.05) is 18.4 Å². The van der Waals surface area contributed by atoms with Gasteiger partial charge in [-0.3, -0.25) is 0 Å². The second-order valence-corrected chi connectivity index (χ2v) is 6.47. The van der Waals surface area contributed by atoms with Crippen LogP contribution in [0.1, 0.15) is 11.1 Å². The van der Waals surface area contributed by atoms with E-state index in [-0.39, 0.29) is 0 Å². The molecule has 0 saturated heterocycles. The Morgan fingerprint density at radius 1 is 1.05 bits per heavy atom. The van der Waals surface area contributed by atoms with Crippen LogP contribution in [0.4, 0.5) is 0 Å². The van der Waals surface area contributed by atoms with E-state index in [1.807, 2.05) is 35.9 Å². The number of aromatic nitrogens is 3. The van der Waals surface area contributed by atoms with Gasteiger partial charge in [-0.05, 0) is 24.6 Å². The highest BCUT2D eigenvalue weighted by molar-refractivity contribution is 7.98. The molecule has 1 heterocycles. The lowest BCUT2D eigenvalue weighted by Crippen LogP contribution is -1.95. The highest BCUT2D eigenvalue weighted by Crippen LogP contribution is 2.29. The van der Waals surface area contributed by atoms with E-state index in [2.05, 4.69) is 41.4 Å². The normalized spacial score (nSPS) is 10.9. The van der Waals surface area contributed by atoms with Gasteiger partial charge in [0.15, 0.2) is 11.0 Å². The molecule has 3 rings (SSSR count). The first-order chi connectivity index (χ1) is 10.6. The Kier molecular flexibility index (Phi) is 4.50. The average Bonchev–Trinajstić information content (AvgIpc) is 2.88. The van der Waals surface area contributed by atoms with Crippen molar-refractivity contribution in [3.05, 3.63) is 64.7 Å². The first-order valence-corrected chi connectivity index (χ1v) is 8.34. The van der Waals surface area contributed by atoms with Crippen LogP contribution in [0.2, 0.25) is 5.02 Å². The van der Waals surface area contributed by atoms with Gasteiger partial charge in [-0.1, -0.05) is 65.3 Å². The van der Waals surface area contributed by atoms with Gasteiger partial charge in [-0.2, -0.15) is 0 Å². The average molecular weight is 330 g/mol. The highest BCUT2D eigenvalue weighted by atomic mass is 35.5. The summed E-state index contributed by atoms with van der Waals surface area (Å²) < 4.78 is 1.99. The van der Waals surface area contributed by atoms with Gasteiger partial charge in [-0.15, -0.1) is 10.2 Å². The summed E-state index contributed by atoms with van der Waals surface area (Å²) in [6, 6.07) is 16.2. The van der Waals surface area contributed by atoms with Crippen LogP contribution in [0.3, 0.4) is 0 Å². The first-order valence-electron chi connectivity index (χ1n) is 6.98. The number of nitrogens with zero attached hydrogens (tertiary/aromatic N) is 3. The van der Waals surface area contributed by atoms with E-state index in [0.717, 1.165) is 22.3 Å². The molecule has 0 radical (unpaired) electrons. The van der Waals surface area contributed by atoms with Gasteiger partial charge in [0.2, 0.25) is 0 Å². The Morgan fingerprint density at radius 2 is 1.77 bits per heavy atom. The zero-order valence-electron chi connectivity index (χ0n) is 12.5. The molecule has 5 heteroatoms. The van der Waals surface area contributed by atoms with E-state index < -0.39 is 0 Å². The van der Waals surface area contributed by atoms with Crippen LogP contribution in [0, 0.1) is 6.92 Å². The predicted molar refractivity (Wildman–Crippen MR) is 92.2 cm³/mol. The van der Waals surface area contributed by atoms with Crippen LogP contribution in [-0.2, 0) is 12.8 Å². The van der Waals surface area contributed by atoms with Crippen molar-refractivity contribution in [2.45, 2.75) is 17.8 Å². The lowest BCUT2D eigenvalue weighted by molar-refractivity contribution is 0.794. The molecular formula is C17H16ClN3S. The highest BCUT2D eigenvalue weighted by Gasteiger charge is 2.13. The largest absolute Gasteiger partial charge is 0.305 e. The van der Waals surface area contributed by atoms with Crippen LogP contribution in [0.5, 0.6) is 0 Å². The molecule has 0 unspecified atom stereocenters. The fourth-order valence-corrected chi connectivity index (χ4v) is 3.24. The Hall–Kier alpha value is -1.78. The van der Waals surface area contributed by atoms with E-state index in [1.54, 1.807) is 11.8 Å². The molecule has 0 N–H and O–H groups in total. The van der Waals surface area contributed by atoms with Crippen LogP contribution < -0.4 is 0 Å². The Bertz CT molecular complexity index is 781. The van der Waals surface area contributed by atoms with Crippen molar-refractivity contribution < 1.29 is 0 Å². The monoisotopic (exact) mass is 329 g/mol. The molecule has 1 aromatic heterocycles. The summed E-state index contributed by atoms with van der Waals surface area (Å²) in [5.74, 6) is 1.66. The third-order valence-electron chi connectivity index (χ3n) is 3.44. The lowest BCUT2D eigenvalue weighted by atomic mass is 10.2. The summed E-state index contributed by atoms with van der Waals surface area (Å²) >= 11 is 7.91. The van der Waals surface area contributed by atoms with Gasteiger partial charge in [0.1, 0.15) is 0 Å². The summed E-state index contributed by atoms with van der Waals surface area (Å²) in [7, 11) is 1.97. The molecule has 0 aliphatic rings. The summed E-state index contributed by atoms with van der Waals surface area (Å²) in [6.45, 7) is 2.09. The Balaban J connectivity index is 1.79. The van der Waals surface area contributed by atoms with Crippen molar-refractivity contribution in [1.29, 1.82) is 0 Å². The SMILES string of the molecule is Cc1ccc(CSc2nnc(-c3ccccc3Cl)n2C)cc1. The van der Waals surface area contributed by atoms with Crippen LogP contribution in [0.15, 0.2) is 53.7 Å². The van der Waals surface area contributed by atoms with Crippen molar-refractivity contribution in [2.75, 3.05) is 0 Å². The van der Waals surface area contributed by atoms with E-state index in [0.29, 0.717) is 5.02 Å². The number of hydrogen-bond acceptors (Lipinski definition) is 3. The molecule has 0 amide bonds. The molecule has 112 valence electrons. The molecule has 3 nitrogen and oxygen atoms in total. The van der Waals surface area contributed by atoms with Gasteiger partial charge >= 0.3 is 0 Å². The fourth-order valence-electron chi connectivity index (χ4n) is 2.15. The van der Waals surface area contributed by atoms with E-state index in [9.17, 15) is 0 Å². The minimum Gasteiger partial charge on any atom is -0.305 e. The standard InChI is InChI=1S/C17H16ClN3S/c1-12-7-9-13(10-8-12)11-22-17-20-19-16(21(17)2)14-5-3-4-6-15(14)18/h3-10H,11H2,1-2H3. The number of rotatable bonds is 4. The van der Waals surface area contributed by atoms with Crippen molar-refractivity contribution in [2.24, 2.45) is 7.05 Å². The molecule has 0 spiro atoms. The molecule has 3 aromatic rings. The summed E-state index contributed by atoms with van der Waals surface area (Å²) in [6.07, 6.45) is 0. The summed E-state index contributed by atoms with van der Waals surface area (Å²) in [5.41, 5.74) is 3.45. The first kappa shape index (κ1) is 15.1. The van der Waals surface area contributed by atoms with Gasteiger partial charge in [0.05, 0.1) is 5.02 Å². The number of hydrogen-bond donors (Lipinski definition) is 0. The van der Waals surface area contributed by atoms with E-state index in [1.165, 1.54) is 11.1 Å². The van der Waals surface area contributed by atoms with Gasteiger partial charge < -0.3 is 4.57 Å². The quantitative estimate of drug-likeness (QED) is 0.648. The summed E-state index contributed by atoms with van der Waals surface area (Å²) in [4.78, 5) is 0. The molecule has 0 atom stereocenters.